The number of aryl methyl sites for hydroxylation is 1. The molecule has 1 N–H and O–H groups in total. The predicted octanol–water partition coefficient (Wildman–Crippen LogP) is -0.102. The molecular weight excluding hydrogens is 142 g/mol. The zero-order chi connectivity index (χ0) is 7.84. The Bertz CT molecular complexity index is 327. The first-order chi connectivity index (χ1) is 5.27. The largest absolute Gasteiger partial charge is 0.353 e. The third kappa shape index (κ3) is 1.11. The van der Waals surface area contributed by atoms with Gasteiger partial charge in [-0.15, -0.1) is 0 Å². The molecule has 0 bridgehead atoms. The van der Waals surface area contributed by atoms with Gasteiger partial charge in [-0.2, -0.15) is 4.98 Å². The molecule has 4 nitrogen and oxygen atoms in total. The summed E-state index contributed by atoms with van der Waals surface area (Å²) in [5, 5.41) is 0. The molecule has 0 saturated carbocycles. The highest BCUT2D eigenvalue weighted by atomic mass is 16.1. The van der Waals surface area contributed by atoms with Crippen LogP contribution in [0, 0.1) is 6.92 Å². The van der Waals surface area contributed by atoms with Crippen LogP contribution in [0.25, 0.3) is 0 Å². The first-order valence-electron chi connectivity index (χ1n) is 3.58. The fraction of sp³-hybridized carbons (Fsp3) is 0.429. The third-order valence-electron chi connectivity index (χ3n) is 1.72. The van der Waals surface area contributed by atoms with Gasteiger partial charge in [0, 0.05) is 24.8 Å². The van der Waals surface area contributed by atoms with Crippen molar-refractivity contribution in [1.29, 1.82) is 0 Å². The van der Waals surface area contributed by atoms with Gasteiger partial charge in [-0.05, 0) is 6.92 Å². The van der Waals surface area contributed by atoms with Crippen LogP contribution in [-0.2, 0) is 0 Å². The minimum atomic E-state index is -0.266. The van der Waals surface area contributed by atoms with Crippen molar-refractivity contribution in [1.82, 2.24) is 9.97 Å². The third-order valence-corrected chi connectivity index (χ3v) is 1.72. The number of nitrogens with one attached hydrogen (secondary N) is 1. The highest BCUT2D eigenvalue weighted by Gasteiger charge is 2.21. The molecule has 2 rings (SSSR count). The molecule has 0 unspecified atom stereocenters. The molecule has 1 fully saturated rings. The maximum atomic E-state index is 10.8. The van der Waals surface area contributed by atoms with Crippen LogP contribution >= 0.6 is 0 Å². The zero-order valence-corrected chi connectivity index (χ0v) is 6.29. The number of aromatic nitrogens is 2. The van der Waals surface area contributed by atoms with E-state index in [-0.39, 0.29) is 5.69 Å². The lowest BCUT2D eigenvalue weighted by Gasteiger charge is -2.02. The van der Waals surface area contributed by atoms with E-state index in [1.165, 1.54) is 0 Å². The Labute approximate surface area is 63.9 Å². The standard InChI is InChI=1S/C7H9N3O/c1-5-4-8-7(11)9-6(5)10-2-3-10/h4H,2-3H2,1H3,(H,8,9,11). The predicted molar refractivity (Wildman–Crippen MR) is 41.8 cm³/mol. The van der Waals surface area contributed by atoms with Crippen LogP contribution in [0.2, 0.25) is 0 Å². The van der Waals surface area contributed by atoms with Gasteiger partial charge in [-0.3, -0.25) is 0 Å². The van der Waals surface area contributed by atoms with E-state index in [0.29, 0.717) is 0 Å². The highest BCUT2D eigenvalue weighted by molar-refractivity contribution is 5.49. The van der Waals surface area contributed by atoms with Gasteiger partial charge in [-0.25, -0.2) is 4.79 Å². The van der Waals surface area contributed by atoms with Gasteiger partial charge in [0.2, 0.25) is 0 Å². The van der Waals surface area contributed by atoms with Crippen molar-refractivity contribution in [3.63, 3.8) is 0 Å². The SMILES string of the molecule is Cc1c[nH]c(=O)nc1N1CC1. The second-order valence-electron chi connectivity index (χ2n) is 2.70. The van der Waals surface area contributed by atoms with E-state index in [4.69, 9.17) is 0 Å². The summed E-state index contributed by atoms with van der Waals surface area (Å²) >= 11 is 0. The summed E-state index contributed by atoms with van der Waals surface area (Å²) < 4.78 is 0. The van der Waals surface area contributed by atoms with Crippen LogP contribution in [0.1, 0.15) is 5.56 Å². The summed E-state index contributed by atoms with van der Waals surface area (Å²) in [5.74, 6) is 0.828. The molecule has 0 atom stereocenters. The van der Waals surface area contributed by atoms with E-state index in [1.54, 1.807) is 6.20 Å². The highest BCUT2D eigenvalue weighted by Crippen LogP contribution is 2.19. The second kappa shape index (κ2) is 2.08. The molecule has 0 radical (unpaired) electrons. The van der Waals surface area contributed by atoms with Crippen LogP contribution in [0.4, 0.5) is 5.82 Å². The molecule has 4 heteroatoms. The van der Waals surface area contributed by atoms with Crippen LogP contribution in [-0.4, -0.2) is 23.1 Å². The Hall–Kier alpha value is -1.32. The Morgan fingerprint density at radius 1 is 1.64 bits per heavy atom. The van der Waals surface area contributed by atoms with Crippen LogP contribution < -0.4 is 10.6 Å². The van der Waals surface area contributed by atoms with Crippen molar-refractivity contribution in [3.05, 3.63) is 22.2 Å². The van der Waals surface area contributed by atoms with Crippen LogP contribution in [0.3, 0.4) is 0 Å². The Balaban J connectivity index is 2.50. The Morgan fingerprint density at radius 3 is 3.00 bits per heavy atom. The molecule has 0 aliphatic carbocycles. The van der Waals surface area contributed by atoms with Crippen molar-refractivity contribution in [2.75, 3.05) is 18.0 Å². The Morgan fingerprint density at radius 2 is 2.36 bits per heavy atom. The summed E-state index contributed by atoms with van der Waals surface area (Å²) in [6.07, 6.45) is 1.70. The number of nitrogens with zero attached hydrogens (tertiary/aromatic N) is 2. The van der Waals surface area contributed by atoms with Gasteiger partial charge >= 0.3 is 5.69 Å². The summed E-state index contributed by atoms with van der Waals surface area (Å²) in [7, 11) is 0. The molecule has 0 amide bonds. The van der Waals surface area contributed by atoms with Crippen LogP contribution in [0.5, 0.6) is 0 Å². The molecule has 1 aliphatic heterocycles. The quantitative estimate of drug-likeness (QED) is 0.570. The first kappa shape index (κ1) is 6.39. The smallest absolute Gasteiger partial charge is 0.346 e. The van der Waals surface area contributed by atoms with E-state index in [2.05, 4.69) is 14.9 Å². The van der Waals surface area contributed by atoms with Crippen LogP contribution in [0.15, 0.2) is 11.0 Å². The minimum Gasteiger partial charge on any atom is -0.353 e. The van der Waals surface area contributed by atoms with Crippen molar-refractivity contribution in [3.8, 4) is 0 Å². The number of H-pyrrole nitrogens is 1. The molecule has 1 saturated heterocycles. The van der Waals surface area contributed by atoms with E-state index in [1.807, 2.05) is 6.92 Å². The van der Waals surface area contributed by atoms with Gasteiger partial charge in [0.05, 0.1) is 0 Å². The number of rotatable bonds is 1. The Kier molecular flexibility index (Phi) is 1.21. The van der Waals surface area contributed by atoms with Gasteiger partial charge in [-0.1, -0.05) is 0 Å². The lowest BCUT2D eigenvalue weighted by molar-refractivity contribution is 1.03. The maximum absolute atomic E-state index is 10.8. The number of aromatic amines is 1. The monoisotopic (exact) mass is 151 g/mol. The van der Waals surface area contributed by atoms with Gasteiger partial charge in [0.25, 0.3) is 0 Å². The van der Waals surface area contributed by atoms with Crippen molar-refractivity contribution < 1.29 is 0 Å². The van der Waals surface area contributed by atoms with Crippen molar-refractivity contribution >= 4 is 5.82 Å². The minimum absolute atomic E-state index is 0.266. The van der Waals surface area contributed by atoms with Crippen molar-refractivity contribution in [2.45, 2.75) is 6.92 Å². The topological polar surface area (TPSA) is 48.8 Å². The summed E-state index contributed by atoms with van der Waals surface area (Å²) in [6, 6.07) is 0. The summed E-state index contributed by atoms with van der Waals surface area (Å²) in [6.45, 7) is 3.99. The van der Waals surface area contributed by atoms with E-state index < -0.39 is 0 Å². The number of hydrogen-bond donors (Lipinski definition) is 1. The molecular formula is C7H9N3O. The molecule has 2 heterocycles. The molecule has 1 aromatic rings. The molecule has 1 aliphatic rings. The fourth-order valence-corrected chi connectivity index (χ4v) is 1.03. The maximum Gasteiger partial charge on any atom is 0.346 e. The summed E-state index contributed by atoms with van der Waals surface area (Å²) in [4.78, 5) is 19.2. The van der Waals surface area contributed by atoms with Gasteiger partial charge in [0.15, 0.2) is 0 Å². The van der Waals surface area contributed by atoms with Gasteiger partial charge in [0.1, 0.15) is 5.82 Å². The average molecular weight is 151 g/mol. The molecule has 11 heavy (non-hydrogen) atoms. The molecule has 1 aromatic heterocycles. The molecule has 0 aromatic carbocycles. The van der Waals surface area contributed by atoms with E-state index in [0.717, 1.165) is 24.5 Å². The molecule has 0 spiro atoms. The first-order valence-corrected chi connectivity index (χ1v) is 3.58. The lowest BCUT2D eigenvalue weighted by atomic mass is 10.3. The fourth-order valence-electron chi connectivity index (χ4n) is 1.03. The van der Waals surface area contributed by atoms with E-state index in [9.17, 15) is 4.79 Å². The molecule has 58 valence electrons. The number of hydrogen-bond acceptors (Lipinski definition) is 3. The summed E-state index contributed by atoms with van der Waals surface area (Å²) in [5.41, 5.74) is 0.764. The normalized spacial score (nSPS) is 15.2. The van der Waals surface area contributed by atoms with Crippen molar-refractivity contribution in [2.24, 2.45) is 0 Å². The second-order valence-corrected chi connectivity index (χ2v) is 2.70. The van der Waals surface area contributed by atoms with E-state index >= 15 is 0 Å². The average Bonchev–Trinajstić information content (AvgIpc) is 2.76. The number of anilines is 1. The zero-order valence-electron chi connectivity index (χ0n) is 6.29. The lowest BCUT2D eigenvalue weighted by Crippen LogP contribution is -2.13. The van der Waals surface area contributed by atoms with Gasteiger partial charge < -0.3 is 9.88 Å².